The Morgan fingerprint density at radius 2 is 2.22 bits per heavy atom. The van der Waals surface area contributed by atoms with Gasteiger partial charge in [0.1, 0.15) is 5.82 Å². The number of amidine groups is 1. The van der Waals surface area contributed by atoms with Gasteiger partial charge in [-0.1, -0.05) is 24.4 Å². The van der Waals surface area contributed by atoms with Crippen LogP contribution in [0.5, 0.6) is 0 Å². The van der Waals surface area contributed by atoms with Crippen molar-refractivity contribution in [2.45, 2.75) is 32.1 Å². The average Bonchev–Trinajstić information content (AvgIpc) is 2.87. The van der Waals surface area contributed by atoms with Crippen molar-refractivity contribution in [3.05, 3.63) is 11.8 Å². The maximum Gasteiger partial charge on any atom is 0.228 e. The van der Waals surface area contributed by atoms with Crippen LogP contribution in [0.2, 0.25) is 0 Å². The van der Waals surface area contributed by atoms with Crippen LogP contribution in [0.3, 0.4) is 0 Å². The van der Waals surface area contributed by atoms with Gasteiger partial charge in [-0.2, -0.15) is 5.10 Å². The number of nitrogens with two attached hydrogens (primary N) is 1. The van der Waals surface area contributed by atoms with Gasteiger partial charge < -0.3 is 16.3 Å². The van der Waals surface area contributed by atoms with Crippen molar-refractivity contribution in [1.82, 2.24) is 10.2 Å². The molecule has 1 amide bonds. The molecule has 1 aromatic heterocycles. The molecule has 1 aliphatic rings. The number of nitrogens with one attached hydrogen (secondary N) is 2. The highest BCUT2D eigenvalue weighted by Gasteiger charge is 2.22. The maximum absolute atomic E-state index is 12.0. The van der Waals surface area contributed by atoms with Gasteiger partial charge in [0.05, 0.1) is 11.8 Å². The Hall–Kier alpha value is -2.05. The standard InChI is InChI=1S/C11H17N5O2/c12-9(16-18)8-6-13-15-10(8)14-11(17)7-4-2-1-3-5-7/h6-7,18H,1-5H2,(H2,12,16)(H2,13,14,15,17). The fraction of sp³-hybridized carbons (Fsp3) is 0.545. The number of aromatic nitrogens is 2. The largest absolute Gasteiger partial charge is 0.409 e. The Kier molecular flexibility index (Phi) is 3.81. The van der Waals surface area contributed by atoms with E-state index in [9.17, 15) is 4.79 Å². The van der Waals surface area contributed by atoms with Crippen LogP contribution in [0, 0.1) is 5.92 Å². The van der Waals surface area contributed by atoms with E-state index in [1.165, 1.54) is 12.6 Å². The molecule has 1 fully saturated rings. The minimum Gasteiger partial charge on any atom is -0.409 e. The second kappa shape index (κ2) is 5.52. The number of hydrogen-bond acceptors (Lipinski definition) is 4. The van der Waals surface area contributed by atoms with Gasteiger partial charge in [0.15, 0.2) is 5.84 Å². The highest BCUT2D eigenvalue weighted by Crippen LogP contribution is 2.25. The van der Waals surface area contributed by atoms with E-state index < -0.39 is 0 Å². The van der Waals surface area contributed by atoms with Crippen LogP contribution < -0.4 is 11.1 Å². The lowest BCUT2D eigenvalue weighted by molar-refractivity contribution is -0.120. The summed E-state index contributed by atoms with van der Waals surface area (Å²) < 4.78 is 0. The van der Waals surface area contributed by atoms with Gasteiger partial charge in [-0.15, -0.1) is 0 Å². The molecule has 1 aromatic rings. The number of aromatic amines is 1. The topological polar surface area (TPSA) is 116 Å². The molecule has 7 nitrogen and oxygen atoms in total. The zero-order valence-electron chi connectivity index (χ0n) is 10.0. The van der Waals surface area contributed by atoms with Gasteiger partial charge in [0.2, 0.25) is 5.91 Å². The molecule has 0 aromatic carbocycles. The van der Waals surface area contributed by atoms with Crippen molar-refractivity contribution in [3.8, 4) is 0 Å². The van der Waals surface area contributed by atoms with Crippen molar-refractivity contribution in [1.29, 1.82) is 0 Å². The lowest BCUT2D eigenvalue weighted by atomic mass is 9.89. The molecular weight excluding hydrogens is 234 g/mol. The maximum atomic E-state index is 12.0. The first kappa shape index (κ1) is 12.4. The van der Waals surface area contributed by atoms with E-state index in [1.807, 2.05) is 0 Å². The van der Waals surface area contributed by atoms with Gasteiger partial charge in [-0.05, 0) is 12.8 Å². The predicted octanol–water partition coefficient (Wildman–Crippen LogP) is 1.02. The number of oxime groups is 1. The van der Waals surface area contributed by atoms with E-state index in [1.54, 1.807) is 0 Å². The van der Waals surface area contributed by atoms with E-state index in [2.05, 4.69) is 20.7 Å². The summed E-state index contributed by atoms with van der Waals surface area (Å²) in [4.78, 5) is 12.0. The first-order valence-corrected chi connectivity index (χ1v) is 6.04. The van der Waals surface area contributed by atoms with E-state index in [0.717, 1.165) is 25.7 Å². The third-order valence-corrected chi connectivity index (χ3v) is 3.25. The molecule has 0 bridgehead atoms. The zero-order valence-corrected chi connectivity index (χ0v) is 10.0. The van der Waals surface area contributed by atoms with Crippen molar-refractivity contribution in [2.24, 2.45) is 16.8 Å². The number of anilines is 1. The highest BCUT2D eigenvalue weighted by molar-refractivity contribution is 6.04. The summed E-state index contributed by atoms with van der Waals surface area (Å²) in [5.41, 5.74) is 5.87. The van der Waals surface area contributed by atoms with Crippen LogP contribution >= 0.6 is 0 Å². The molecule has 5 N–H and O–H groups in total. The Bertz CT molecular complexity index is 448. The number of nitrogens with zero attached hydrogens (tertiary/aromatic N) is 2. The summed E-state index contributed by atoms with van der Waals surface area (Å²) in [5, 5.41) is 20.7. The van der Waals surface area contributed by atoms with E-state index >= 15 is 0 Å². The molecule has 1 heterocycles. The smallest absolute Gasteiger partial charge is 0.228 e. The Labute approximate surface area is 104 Å². The molecule has 1 saturated carbocycles. The fourth-order valence-corrected chi connectivity index (χ4v) is 2.22. The quantitative estimate of drug-likeness (QED) is 0.278. The lowest BCUT2D eigenvalue weighted by Crippen LogP contribution is -2.26. The first-order chi connectivity index (χ1) is 8.72. The summed E-state index contributed by atoms with van der Waals surface area (Å²) in [6.45, 7) is 0. The van der Waals surface area contributed by atoms with Crippen LogP contribution in [0.4, 0.5) is 5.82 Å². The minimum absolute atomic E-state index is 0.0362. The molecule has 2 rings (SSSR count). The van der Waals surface area contributed by atoms with Gasteiger partial charge >= 0.3 is 0 Å². The lowest BCUT2D eigenvalue weighted by Gasteiger charge is -2.20. The Balaban J connectivity index is 2.05. The molecule has 0 saturated heterocycles. The molecule has 1 aliphatic carbocycles. The Morgan fingerprint density at radius 3 is 2.89 bits per heavy atom. The molecule has 0 aliphatic heterocycles. The second-order valence-electron chi connectivity index (χ2n) is 4.47. The summed E-state index contributed by atoms with van der Waals surface area (Å²) in [6, 6.07) is 0. The summed E-state index contributed by atoms with van der Waals surface area (Å²) >= 11 is 0. The predicted molar refractivity (Wildman–Crippen MR) is 66.3 cm³/mol. The number of rotatable bonds is 3. The number of carbonyl (C=O) groups excluding carboxylic acids is 1. The summed E-state index contributed by atoms with van der Waals surface area (Å²) in [7, 11) is 0. The molecule has 98 valence electrons. The van der Waals surface area contributed by atoms with Crippen molar-refractivity contribution >= 4 is 17.6 Å². The third-order valence-electron chi connectivity index (χ3n) is 3.25. The van der Waals surface area contributed by atoms with E-state index in [0.29, 0.717) is 11.4 Å². The minimum atomic E-state index is -0.0808. The normalized spacial score (nSPS) is 17.7. The van der Waals surface area contributed by atoms with Gasteiger partial charge in [0, 0.05) is 5.92 Å². The fourth-order valence-electron chi connectivity index (χ4n) is 2.22. The summed E-state index contributed by atoms with van der Waals surface area (Å²) in [5.74, 6) is 0.302. The van der Waals surface area contributed by atoms with Gasteiger partial charge in [-0.25, -0.2) is 0 Å². The first-order valence-electron chi connectivity index (χ1n) is 6.04. The molecule has 0 unspecified atom stereocenters. The third kappa shape index (κ3) is 2.61. The zero-order chi connectivity index (χ0) is 13.0. The number of amides is 1. The van der Waals surface area contributed by atoms with Crippen LogP contribution in [-0.4, -0.2) is 27.1 Å². The van der Waals surface area contributed by atoms with E-state index in [4.69, 9.17) is 10.9 Å². The van der Waals surface area contributed by atoms with Crippen LogP contribution in [0.15, 0.2) is 11.4 Å². The SMILES string of the molecule is NC(=NO)c1cn[nH]c1NC(=O)C1CCCCC1. The summed E-state index contributed by atoms with van der Waals surface area (Å²) in [6.07, 6.45) is 6.62. The highest BCUT2D eigenvalue weighted by atomic mass is 16.4. The number of hydrogen-bond donors (Lipinski definition) is 4. The molecule has 0 radical (unpaired) electrons. The van der Waals surface area contributed by atoms with Crippen molar-refractivity contribution in [2.75, 3.05) is 5.32 Å². The van der Waals surface area contributed by atoms with E-state index in [-0.39, 0.29) is 17.7 Å². The molecule has 7 heteroatoms. The van der Waals surface area contributed by atoms with Gasteiger partial charge in [-0.3, -0.25) is 9.89 Å². The van der Waals surface area contributed by atoms with Crippen molar-refractivity contribution < 1.29 is 10.0 Å². The number of carbonyl (C=O) groups is 1. The Morgan fingerprint density at radius 1 is 1.50 bits per heavy atom. The monoisotopic (exact) mass is 251 g/mol. The van der Waals surface area contributed by atoms with Crippen molar-refractivity contribution in [3.63, 3.8) is 0 Å². The molecule has 0 atom stereocenters. The van der Waals surface area contributed by atoms with Crippen LogP contribution in [-0.2, 0) is 4.79 Å². The van der Waals surface area contributed by atoms with Gasteiger partial charge in [0.25, 0.3) is 0 Å². The molecular formula is C11H17N5O2. The number of H-pyrrole nitrogens is 1. The van der Waals surface area contributed by atoms with Crippen LogP contribution in [0.1, 0.15) is 37.7 Å². The molecule has 0 spiro atoms. The van der Waals surface area contributed by atoms with Crippen LogP contribution in [0.25, 0.3) is 0 Å². The second-order valence-corrected chi connectivity index (χ2v) is 4.47. The molecule has 18 heavy (non-hydrogen) atoms. The average molecular weight is 251 g/mol.